The van der Waals surface area contributed by atoms with Gasteiger partial charge in [-0.05, 0) is 12.8 Å². The normalized spacial score (nSPS) is 10.4. The third-order valence-electron chi connectivity index (χ3n) is 2.84. The Labute approximate surface area is 96.4 Å². The molecule has 0 radical (unpaired) electrons. The number of rotatable bonds is 5. The summed E-state index contributed by atoms with van der Waals surface area (Å²) >= 11 is 0. The predicted octanol–water partition coefficient (Wildman–Crippen LogP) is 0.521. The van der Waals surface area contributed by atoms with Crippen LogP contribution in [0.4, 0.5) is 0 Å². The predicted molar refractivity (Wildman–Crippen MR) is 60.3 cm³/mol. The summed E-state index contributed by atoms with van der Waals surface area (Å²) in [5, 5.41) is 11.5. The first-order valence-electron chi connectivity index (χ1n) is 5.34. The number of amides is 2. The highest BCUT2D eigenvalue weighted by molar-refractivity contribution is 5.89. The monoisotopic (exact) mass is 225 g/mol. The lowest BCUT2D eigenvalue weighted by Crippen LogP contribution is -2.44. The number of nitriles is 1. The van der Waals surface area contributed by atoms with E-state index in [-0.39, 0.29) is 18.4 Å². The van der Waals surface area contributed by atoms with E-state index >= 15 is 0 Å². The summed E-state index contributed by atoms with van der Waals surface area (Å²) < 4.78 is 0. The van der Waals surface area contributed by atoms with E-state index in [2.05, 4.69) is 11.4 Å². The van der Waals surface area contributed by atoms with Crippen molar-refractivity contribution in [1.82, 2.24) is 10.2 Å². The maximum absolute atomic E-state index is 12.0. The molecule has 2 amide bonds. The number of hydrogen-bond donors (Lipinski definition) is 1. The molecule has 0 aromatic heterocycles. The first-order chi connectivity index (χ1) is 7.47. The van der Waals surface area contributed by atoms with Crippen LogP contribution in [0.5, 0.6) is 0 Å². The van der Waals surface area contributed by atoms with Gasteiger partial charge in [-0.25, -0.2) is 0 Å². The van der Waals surface area contributed by atoms with Crippen molar-refractivity contribution in [2.24, 2.45) is 5.41 Å². The lowest BCUT2D eigenvalue weighted by atomic mass is 9.82. The van der Waals surface area contributed by atoms with Crippen LogP contribution < -0.4 is 5.32 Å². The van der Waals surface area contributed by atoms with E-state index in [1.54, 1.807) is 13.8 Å². The summed E-state index contributed by atoms with van der Waals surface area (Å²) in [6, 6.07) is 2.06. The van der Waals surface area contributed by atoms with Crippen LogP contribution in [-0.4, -0.2) is 37.4 Å². The van der Waals surface area contributed by atoms with Crippen molar-refractivity contribution in [3.8, 4) is 6.07 Å². The number of hydrogen-bond acceptors (Lipinski definition) is 3. The minimum atomic E-state index is -0.997. The molecule has 0 fully saturated rings. The van der Waals surface area contributed by atoms with Crippen LogP contribution in [-0.2, 0) is 9.59 Å². The topological polar surface area (TPSA) is 73.2 Å². The molecule has 90 valence electrons. The number of carbonyl (C=O) groups excluding carboxylic acids is 2. The van der Waals surface area contributed by atoms with E-state index in [1.807, 2.05) is 0 Å². The third-order valence-corrected chi connectivity index (χ3v) is 2.84. The lowest BCUT2D eigenvalue weighted by Gasteiger charge is -2.27. The van der Waals surface area contributed by atoms with Gasteiger partial charge in [-0.3, -0.25) is 9.59 Å². The van der Waals surface area contributed by atoms with Crippen molar-refractivity contribution in [1.29, 1.82) is 5.26 Å². The minimum Gasteiger partial charge on any atom is -0.358 e. The largest absolute Gasteiger partial charge is 0.358 e. The van der Waals surface area contributed by atoms with Gasteiger partial charge < -0.3 is 10.2 Å². The number of likely N-dealkylation sites (N-methyl/N-ethyl adjacent to an activating group) is 2. The molecule has 0 saturated heterocycles. The Balaban J connectivity index is 4.77. The summed E-state index contributed by atoms with van der Waals surface area (Å²) in [5.74, 6) is -0.529. The van der Waals surface area contributed by atoms with Gasteiger partial charge in [0, 0.05) is 14.1 Å². The van der Waals surface area contributed by atoms with Crippen molar-refractivity contribution >= 4 is 11.8 Å². The zero-order valence-corrected chi connectivity index (χ0v) is 10.3. The Morgan fingerprint density at radius 1 is 1.38 bits per heavy atom. The van der Waals surface area contributed by atoms with E-state index in [1.165, 1.54) is 19.0 Å². The molecule has 0 spiro atoms. The molecule has 0 saturated carbocycles. The quantitative estimate of drug-likeness (QED) is 0.741. The first kappa shape index (κ1) is 14.4. The zero-order valence-electron chi connectivity index (χ0n) is 10.3. The Kier molecular flexibility index (Phi) is 5.51. The number of nitrogens with zero attached hydrogens (tertiary/aromatic N) is 2. The molecule has 0 aliphatic rings. The maximum atomic E-state index is 12.0. The molecule has 5 nitrogen and oxygen atoms in total. The second-order valence-corrected chi connectivity index (χ2v) is 3.74. The first-order valence-corrected chi connectivity index (χ1v) is 5.34. The fourth-order valence-electron chi connectivity index (χ4n) is 1.49. The molecule has 5 heteroatoms. The Bertz CT molecular complexity index is 303. The van der Waals surface area contributed by atoms with Gasteiger partial charge in [0.1, 0.15) is 5.41 Å². The van der Waals surface area contributed by atoms with Crippen molar-refractivity contribution < 1.29 is 9.59 Å². The standard InChI is InChI=1S/C11H19N3O2/c1-5-11(6-2,8-12)10(16)14(4)7-9(15)13-3/h5-7H2,1-4H3,(H,13,15). The van der Waals surface area contributed by atoms with E-state index in [0.717, 1.165) is 0 Å². The molecule has 0 atom stereocenters. The SMILES string of the molecule is CCC(C#N)(CC)C(=O)N(C)CC(=O)NC. The molecular formula is C11H19N3O2. The molecule has 0 aliphatic heterocycles. The molecule has 16 heavy (non-hydrogen) atoms. The summed E-state index contributed by atoms with van der Waals surface area (Å²) in [5.41, 5.74) is -0.997. The van der Waals surface area contributed by atoms with Crippen LogP contribution >= 0.6 is 0 Å². The van der Waals surface area contributed by atoms with E-state index in [9.17, 15) is 9.59 Å². The highest BCUT2D eigenvalue weighted by Crippen LogP contribution is 2.27. The summed E-state index contributed by atoms with van der Waals surface area (Å²) in [7, 11) is 3.05. The third kappa shape index (κ3) is 2.96. The zero-order chi connectivity index (χ0) is 12.8. The molecule has 0 aromatic rings. The maximum Gasteiger partial charge on any atom is 0.243 e. The second kappa shape index (κ2) is 6.11. The molecule has 1 N–H and O–H groups in total. The van der Waals surface area contributed by atoms with Crippen LogP contribution in [0.25, 0.3) is 0 Å². The Morgan fingerprint density at radius 3 is 2.19 bits per heavy atom. The highest BCUT2D eigenvalue weighted by atomic mass is 16.2. The smallest absolute Gasteiger partial charge is 0.243 e. The Hall–Kier alpha value is -1.57. The average molecular weight is 225 g/mol. The van der Waals surface area contributed by atoms with Gasteiger partial charge in [0.15, 0.2) is 0 Å². The summed E-state index contributed by atoms with van der Waals surface area (Å²) in [4.78, 5) is 24.5. The molecule has 0 aromatic carbocycles. The van der Waals surface area contributed by atoms with E-state index < -0.39 is 5.41 Å². The highest BCUT2D eigenvalue weighted by Gasteiger charge is 2.37. The van der Waals surface area contributed by atoms with E-state index in [0.29, 0.717) is 12.8 Å². The van der Waals surface area contributed by atoms with Gasteiger partial charge in [0.05, 0.1) is 12.6 Å². The van der Waals surface area contributed by atoms with Crippen molar-refractivity contribution in [2.75, 3.05) is 20.6 Å². The summed E-state index contributed by atoms with van der Waals surface area (Å²) in [6.45, 7) is 3.59. The molecule has 0 heterocycles. The van der Waals surface area contributed by atoms with Crippen LogP contribution in [0.3, 0.4) is 0 Å². The Morgan fingerprint density at radius 2 is 1.88 bits per heavy atom. The van der Waals surface area contributed by atoms with Crippen LogP contribution in [0.1, 0.15) is 26.7 Å². The van der Waals surface area contributed by atoms with Crippen LogP contribution in [0, 0.1) is 16.7 Å². The van der Waals surface area contributed by atoms with Gasteiger partial charge in [0.25, 0.3) is 0 Å². The molecule has 0 bridgehead atoms. The molecule has 0 unspecified atom stereocenters. The summed E-state index contributed by atoms with van der Waals surface area (Å²) in [6.07, 6.45) is 0.911. The molecule has 0 rings (SSSR count). The van der Waals surface area contributed by atoms with Gasteiger partial charge in [0.2, 0.25) is 11.8 Å². The minimum absolute atomic E-state index is 0.0151. The fourth-order valence-corrected chi connectivity index (χ4v) is 1.49. The van der Waals surface area contributed by atoms with Crippen molar-refractivity contribution in [2.45, 2.75) is 26.7 Å². The number of nitrogens with one attached hydrogen (secondary N) is 1. The average Bonchev–Trinajstić information content (AvgIpc) is 2.31. The van der Waals surface area contributed by atoms with Crippen LogP contribution in [0.15, 0.2) is 0 Å². The number of carbonyl (C=O) groups is 2. The molecule has 0 aliphatic carbocycles. The lowest BCUT2D eigenvalue weighted by molar-refractivity contribution is -0.141. The van der Waals surface area contributed by atoms with Crippen LogP contribution in [0.2, 0.25) is 0 Å². The van der Waals surface area contributed by atoms with Gasteiger partial charge in [-0.2, -0.15) is 5.26 Å². The molecular weight excluding hydrogens is 206 g/mol. The fraction of sp³-hybridized carbons (Fsp3) is 0.727. The van der Waals surface area contributed by atoms with E-state index in [4.69, 9.17) is 5.26 Å². The van der Waals surface area contributed by atoms with Gasteiger partial charge in [-0.15, -0.1) is 0 Å². The second-order valence-electron chi connectivity index (χ2n) is 3.74. The van der Waals surface area contributed by atoms with Gasteiger partial charge >= 0.3 is 0 Å². The van der Waals surface area contributed by atoms with Gasteiger partial charge in [-0.1, -0.05) is 13.8 Å². The van der Waals surface area contributed by atoms with Crippen molar-refractivity contribution in [3.05, 3.63) is 0 Å². The van der Waals surface area contributed by atoms with Crippen molar-refractivity contribution in [3.63, 3.8) is 0 Å².